The molecular formula is C18H28F2IN5O2. The van der Waals surface area contributed by atoms with Crippen LogP contribution in [0.2, 0.25) is 0 Å². The topological polar surface area (TPSA) is 69.2 Å². The molecule has 0 saturated carbocycles. The summed E-state index contributed by atoms with van der Waals surface area (Å²) in [4.78, 5) is 19.4. The third-order valence-corrected chi connectivity index (χ3v) is 4.30. The van der Waals surface area contributed by atoms with Gasteiger partial charge in [0.2, 0.25) is 5.91 Å². The zero-order valence-corrected chi connectivity index (χ0v) is 18.7. The van der Waals surface area contributed by atoms with Crippen LogP contribution in [0.4, 0.5) is 14.5 Å². The van der Waals surface area contributed by atoms with E-state index in [0.29, 0.717) is 31.2 Å². The highest BCUT2D eigenvalue weighted by Crippen LogP contribution is 2.31. The molecule has 158 valence electrons. The summed E-state index contributed by atoms with van der Waals surface area (Å²) in [5, 5.41) is 6.44. The van der Waals surface area contributed by atoms with E-state index in [9.17, 15) is 13.6 Å². The molecule has 1 saturated heterocycles. The lowest BCUT2D eigenvalue weighted by Crippen LogP contribution is -2.45. The van der Waals surface area contributed by atoms with Crippen molar-refractivity contribution in [3.63, 3.8) is 0 Å². The van der Waals surface area contributed by atoms with Crippen LogP contribution >= 0.6 is 24.0 Å². The first kappa shape index (κ1) is 24.2. The van der Waals surface area contributed by atoms with Gasteiger partial charge in [0.05, 0.1) is 5.69 Å². The normalized spacial score (nSPS) is 16.6. The van der Waals surface area contributed by atoms with Crippen LogP contribution in [0, 0.1) is 0 Å². The lowest BCUT2D eigenvalue weighted by atomic mass is 10.2. The Labute approximate surface area is 181 Å². The highest BCUT2D eigenvalue weighted by molar-refractivity contribution is 14.0. The largest absolute Gasteiger partial charge is 0.433 e. The van der Waals surface area contributed by atoms with Crippen molar-refractivity contribution in [1.29, 1.82) is 0 Å². The molecule has 7 nitrogen and oxygen atoms in total. The molecule has 0 radical (unpaired) electrons. The SMILES string of the molecule is CN=C(NCCC(=O)N(C)C)NC1CCN(c2ccccc2OC(F)F)C1.I. The molecule has 2 rings (SSSR count). The highest BCUT2D eigenvalue weighted by Gasteiger charge is 2.26. The number of carbonyl (C=O) groups is 1. The number of hydrogen-bond acceptors (Lipinski definition) is 4. The lowest BCUT2D eigenvalue weighted by molar-refractivity contribution is -0.128. The van der Waals surface area contributed by atoms with Crippen LogP contribution in [0.5, 0.6) is 5.75 Å². The average Bonchev–Trinajstić information content (AvgIpc) is 3.08. The number of carbonyl (C=O) groups excluding carboxylic acids is 1. The number of amides is 1. The standard InChI is InChI=1S/C18H27F2N5O2.HI/c1-21-18(22-10-8-16(26)24(2)3)23-13-9-11-25(12-13)14-6-4-5-7-15(14)27-17(19)20;/h4-7,13,17H,8-12H2,1-3H3,(H2,21,22,23);1H. The molecular weight excluding hydrogens is 483 g/mol. The number of rotatable bonds is 7. The number of alkyl halides is 2. The minimum atomic E-state index is -2.85. The molecule has 1 amide bonds. The molecule has 1 fully saturated rings. The molecule has 0 aliphatic carbocycles. The molecule has 1 aromatic rings. The van der Waals surface area contributed by atoms with Gasteiger partial charge in [0.1, 0.15) is 5.75 Å². The van der Waals surface area contributed by atoms with Crippen molar-refractivity contribution < 1.29 is 18.3 Å². The summed E-state index contributed by atoms with van der Waals surface area (Å²) < 4.78 is 29.8. The third-order valence-electron chi connectivity index (χ3n) is 4.30. The predicted octanol–water partition coefficient (Wildman–Crippen LogP) is 2.13. The molecule has 0 aromatic heterocycles. The number of ether oxygens (including phenoxy) is 1. The van der Waals surface area contributed by atoms with Crippen molar-refractivity contribution in [1.82, 2.24) is 15.5 Å². The van der Waals surface area contributed by atoms with Crippen LogP contribution in [0.3, 0.4) is 0 Å². The van der Waals surface area contributed by atoms with Gasteiger partial charge >= 0.3 is 6.61 Å². The monoisotopic (exact) mass is 511 g/mol. The van der Waals surface area contributed by atoms with Gasteiger partial charge in [-0.2, -0.15) is 8.78 Å². The van der Waals surface area contributed by atoms with Gasteiger partial charge in [0, 0.05) is 53.2 Å². The minimum Gasteiger partial charge on any atom is -0.433 e. The van der Waals surface area contributed by atoms with Crippen LogP contribution in [0.15, 0.2) is 29.3 Å². The summed E-state index contributed by atoms with van der Waals surface area (Å²) in [5.74, 6) is 0.837. The lowest BCUT2D eigenvalue weighted by Gasteiger charge is -2.22. The van der Waals surface area contributed by atoms with Gasteiger partial charge in [0.15, 0.2) is 5.96 Å². The molecule has 28 heavy (non-hydrogen) atoms. The Morgan fingerprint density at radius 2 is 2.11 bits per heavy atom. The van der Waals surface area contributed by atoms with E-state index in [1.807, 2.05) is 4.90 Å². The van der Waals surface area contributed by atoms with Crippen molar-refractivity contribution in [2.45, 2.75) is 25.5 Å². The Kier molecular flexibility index (Phi) is 10.3. The average molecular weight is 511 g/mol. The van der Waals surface area contributed by atoms with E-state index in [-0.39, 0.29) is 41.7 Å². The summed E-state index contributed by atoms with van der Waals surface area (Å²) >= 11 is 0. The molecule has 1 aliphatic rings. The van der Waals surface area contributed by atoms with Crippen LogP contribution in [0.25, 0.3) is 0 Å². The van der Waals surface area contributed by atoms with Crippen LogP contribution in [-0.2, 0) is 4.79 Å². The fourth-order valence-corrected chi connectivity index (χ4v) is 2.91. The van der Waals surface area contributed by atoms with E-state index in [1.54, 1.807) is 50.3 Å². The van der Waals surface area contributed by atoms with Gasteiger partial charge in [-0.25, -0.2) is 0 Å². The molecule has 1 aliphatic heterocycles. The van der Waals surface area contributed by atoms with E-state index >= 15 is 0 Å². The smallest absolute Gasteiger partial charge is 0.387 e. The van der Waals surface area contributed by atoms with Gasteiger partial charge in [-0.3, -0.25) is 9.79 Å². The molecule has 2 N–H and O–H groups in total. The van der Waals surface area contributed by atoms with Crippen molar-refractivity contribution >= 4 is 41.5 Å². The molecule has 1 aromatic carbocycles. The predicted molar refractivity (Wildman–Crippen MR) is 117 cm³/mol. The zero-order valence-electron chi connectivity index (χ0n) is 16.3. The van der Waals surface area contributed by atoms with Gasteiger partial charge < -0.3 is 25.2 Å². The number of nitrogens with one attached hydrogen (secondary N) is 2. The Morgan fingerprint density at radius 3 is 2.75 bits per heavy atom. The number of guanidine groups is 1. The summed E-state index contributed by atoms with van der Waals surface area (Å²) in [6.45, 7) is -1.01. The van der Waals surface area contributed by atoms with E-state index in [1.165, 1.54) is 0 Å². The molecule has 0 bridgehead atoms. The molecule has 1 heterocycles. The number of halogens is 3. The quantitative estimate of drug-likeness (QED) is 0.334. The summed E-state index contributed by atoms with van der Waals surface area (Å²) in [6.07, 6.45) is 1.21. The zero-order chi connectivity index (χ0) is 19.8. The van der Waals surface area contributed by atoms with Crippen molar-refractivity contribution in [2.75, 3.05) is 45.7 Å². The van der Waals surface area contributed by atoms with Crippen LogP contribution in [-0.4, -0.2) is 70.2 Å². The summed E-state index contributed by atoms with van der Waals surface area (Å²) in [7, 11) is 5.11. The number of hydrogen-bond donors (Lipinski definition) is 2. The molecule has 1 unspecified atom stereocenters. The van der Waals surface area contributed by atoms with E-state index in [4.69, 9.17) is 0 Å². The number of benzene rings is 1. The van der Waals surface area contributed by atoms with Gasteiger partial charge in [0.25, 0.3) is 0 Å². The Balaban J connectivity index is 0.00000392. The maximum Gasteiger partial charge on any atom is 0.387 e. The van der Waals surface area contributed by atoms with E-state index in [0.717, 1.165) is 13.0 Å². The summed E-state index contributed by atoms with van der Waals surface area (Å²) in [6, 6.07) is 6.91. The van der Waals surface area contributed by atoms with Gasteiger partial charge in [-0.05, 0) is 18.6 Å². The van der Waals surface area contributed by atoms with Crippen molar-refractivity contribution in [3.05, 3.63) is 24.3 Å². The number of anilines is 1. The fourth-order valence-electron chi connectivity index (χ4n) is 2.91. The third kappa shape index (κ3) is 7.28. The molecule has 1 atom stereocenters. The first-order valence-electron chi connectivity index (χ1n) is 8.86. The first-order valence-corrected chi connectivity index (χ1v) is 8.86. The number of para-hydroxylation sites is 2. The van der Waals surface area contributed by atoms with Gasteiger partial charge in [-0.15, -0.1) is 24.0 Å². The van der Waals surface area contributed by atoms with Gasteiger partial charge in [-0.1, -0.05) is 12.1 Å². The van der Waals surface area contributed by atoms with Crippen LogP contribution in [0.1, 0.15) is 12.8 Å². The maximum absolute atomic E-state index is 12.6. The molecule has 10 heteroatoms. The van der Waals surface area contributed by atoms with Crippen molar-refractivity contribution in [3.8, 4) is 5.75 Å². The Bertz CT molecular complexity index is 661. The fraction of sp³-hybridized carbons (Fsp3) is 0.556. The first-order chi connectivity index (χ1) is 12.9. The number of nitrogens with zero attached hydrogens (tertiary/aromatic N) is 3. The van der Waals surface area contributed by atoms with Crippen LogP contribution < -0.4 is 20.3 Å². The number of aliphatic imine (C=N–C) groups is 1. The second-order valence-corrected chi connectivity index (χ2v) is 6.46. The Morgan fingerprint density at radius 1 is 1.39 bits per heavy atom. The van der Waals surface area contributed by atoms with Crippen molar-refractivity contribution in [2.24, 2.45) is 4.99 Å². The molecule has 0 spiro atoms. The Hall–Kier alpha value is -1.85. The second kappa shape index (κ2) is 11.9. The van der Waals surface area contributed by atoms with E-state index in [2.05, 4.69) is 20.4 Å². The second-order valence-electron chi connectivity index (χ2n) is 6.46. The highest BCUT2D eigenvalue weighted by atomic mass is 127. The maximum atomic E-state index is 12.6. The van der Waals surface area contributed by atoms with E-state index < -0.39 is 6.61 Å². The summed E-state index contributed by atoms with van der Waals surface area (Å²) in [5.41, 5.74) is 0.654. The minimum absolute atomic E-state index is 0.